The van der Waals surface area contributed by atoms with Crippen LogP contribution in [-0.4, -0.2) is 17.4 Å². The summed E-state index contributed by atoms with van der Waals surface area (Å²) in [5, 5.41) is 0. The molecule has 1 aromatic rings. The zero-order valence-corrected chi connectivity index (χ0v) is 10.5. The maximum absolute atomic E-state index is 12.2. The van der Waals surface area contributed by atoms with E-state index in [1.165, 1.54) is 0 Å². The van der Waals surface area contributed by atoms with Gasteiger partial charge >= 0.3 is 0 Å². The van der Waals surface area contributed by atoms with Gasteiger partial charge < -0.3 is 4.90 Å². The topological polar surface area (TPSA) is 20.3 Å². The Balaban J connectivity index is 2.13. The number of benzene rings is 1. The smallest absolute Gasteiger partial charge is 0.257 e. The van der Waals surface area contributed by atoms with Crippen LogP contribution in [-0.2, 0) is 0 Å². The molecule has 0 spiro atoms. The standard InChI is InChI=1S/C15H19NO/c1-3-15(4-2)10-11-16(12-15)14(17)13-8-6-5-7-9-13/h5-11H,3-4,12H2,1-2H3. The molecule has 1 aromatic carbocycles. The van der Waals surface area contributed by atoms with Crippen molar-refractivity contribution in [1.82, 2.24) is 4.90 Å². The van der Waals surface area contributed by atoms with Crippen LogP contribution in [0.3, 0.4) is 0 Å². The lowest BCUT2D eigenvalue weighted by Gasteiger charge is -2.26. The second-order valence-electron chi connectivity index (χ2n) is 4.68. The average Bonchev–Trinajstić information content (AvgIpc) is 2.84. The number of rotatable bonds is 3. The normalized spacial score (nSPS) is 17.4. The van der Waals surface area contributed by atoms with Gasteiger partial charge in [0.25, 0.3) is 5.91 Å². The Bertz CT molecular complexity index is 418. The van der Waals surface area contributed by atoms with Gasteiger partial charge in [-0.2, -0.15) is 0 Å². The lowest BCUT2D eigenvalue weighted by molar-refractivity contribution is 0.0800. The first-order valence-electron chi connectivity index (χ1n) is 6.26. The number of hydrogen-bond acceptors (Lipinski definition) is 1. The Morgan fingerprint density at radius 2 is 1.88 bits per heavy atom. The maximum Gasteiger partial charge on any atom is 0.257 e. The predicted molar refractivity (Wildman–Crippen MR) is 69.6 cm³/mol. The lowest BCUT2D eigenvalue weighted by Crippen LogP contribution is -2.31. The van der Waals surface area contributed by atoms with E-state index in [-0.39, 0.29) is 11.3 Å². The second kappa shape index (κ2) is 4.74. The summed E-state index contributed by atoms with van der Waals surface area (Å²) in [6.07, 6.45) is 6.30. The highest BCUT2D eigenvalue weighted by Gasteiger charge is 2.32. The van der Waals surface area contributed by atoms with Gasteiger partial charge in [-0.1, -0.05) is 38.1 Å². The minimum Gasteiger partial charge on any atom is -0.314 e. The number of carbonyl (C=O) groups excluding carboxylic acids is 1. The second-order valence-corrected chi connectivity index (χ2v) is 4.68. The first-order valence-corrected chi connectivity index (χ1v) is 6.26. The molecule has 1 amide bonds. The molecule has 17 heavy (non-hydrogen) atoms. The summed E-state index contributed by atoms with van der Waals surface area (Å²) in [6, 6.07) is 9.47. The molecule has 0 saturated carbocycles. The van der Waals surface area contributed by atoms with Crippen molar-refractivity contribution in [2.75, 3.05) is 6.54 Å². The first kappa shape index (κ1) is 11.9. The summed E-state index contributed by atoms with van der Waals surface area (Å²) >= 11 is 0. The van der Waals surface area contributed by atoms with Gasteiger partial charge in [-0.05, 0) is 25.0 Å². The van der Waals surface area contributed by atoms with Crippen LogP contribution in [0.15, 0.2) is 42.6 Å². The molecule has 1 aliphatic rings. The molecule has 0 aromatic heterocycles. The van der Waals surface area contributed by atoms with Crippen LogP contribution >= 0.6 is 0 Å². The van der Waals surface area contributed by atoms with E-state index in [0.29, 0.717) is 0 Å². The van der Waals surface area contributed by atoms with Gasteiger partial charge in [-0.25, -0.2) is 0 Å². The third kappa shape index (κ3) is 2.26. The van der Waals surface area contributed by atoms with Crippen molar-refractivity contribution in [1.29, 1.82) is 0 Å². The van der Waals surface area contributed by atoms with Gasteiger partial charge in [0.05, 0.1) is 0 Å². The molecular formula is C15H19NO. The highest BCUT2D eigenvalue weighted by Crippen LogP contribution is 2.34. The van der Waals surface area contributed by atoms with Crippen molar-refractivity contribution in [3.05, 3.63) is 48.2 Å². The van der Waals surface area contributed by atoms with Crippen LogP contribution in [0.4, 0.5) is 0 Å². The third-order valence-electron chi connectivity index (χ3n) is 3.78. The van der Waals surface area contributed by atoms with Crippen molar-refractivity contribution in [2.24, 2.45) is 5.41 Å². The van der Waals surface area contributed by atoms with E-state index in [1.807, 2.05) is 41.4 Å². The van der Waals surface area contributed by atoms with Crippen LogP contribution in [0, 0.1) is 5.41 Å². The largest absolute Gasteiger partial charge is 0.314 e. The highest BCUT2D eigenvalue weighted by molar-refractivity contribution is 5.95. The molecule has 1 heterocycles. The van der Waals surface area contributed by atoms with Gasteiger partial charge in [0.15, 0.2) is 0 Å². The van der Waals surface area contributed by atoms with Gasteiger partial charge in [-0.3, -0.25) is 4.79 Å². The van der Waals surface area contributed by atoms with Gasteiger partial charge in [0.2, 0.25) is 0 Å². The average molecular weight is 229 g/mol. The third-order valence-corrected chi connectivity index (χ3v) is 3.78. The van der Waals surface area contributed by atoms with Crippen LogP contribution in [0.25, 0.3) is 0 Å². The molecule has 0 bridgehead atoms. The Morgan fingerprint density at radius 1 is 1.24 bits per heavy atom. The minimum atomic E-state index is 0.102. The monoisotopic (exact) mass is 229 g/mol. The molecule has 0 aliphatic carbocycles. The molecule has 0 unspecified atom stereocenters. The van der Waals surface area contributed by atoms with Crippen molar-refractivity contribution >= 4 is 5.91 Å². The van der Waals surface area contributed by atoms with E-state index in [4.69, 9.17) is 0 Å². The van der Waals surface area contributed by atoms with E-state index in [9.17, 15) is 4.79 Å². The molecule has 0 saturated heterocycles. The quantitative estimate of drug-likeness (QED) is 0.777. The zero-order chi connectivity index (χ0) is 12.3. The molecule has 90 valence electrons. The van der Waals surface area contributed by atoms with Crippen LogP contribution in [0.2, 0.25) is 0 Å². The Morgan fingerprint density at radius 3 is 2.41 bits per heavy atom. The number of nitrogens with zero attached hydrogens (tertiary/aromatic N) is 1. The van der Waals surface area contributed by atoms with E-state index in [2.05, 4.69) is 19.9 Å². The Kier molecular flexibility index (Phi) is 3.32. The first-order chi connectivity index (χ1) is 8.21. The molecule has 0 atom stereocenters. The summed E-state index contributed by atoms with van der Waals surface area (Å²) in [5.41, 5.74) is 0.949. The van der Waals surface area contributed by atoms with Gasteiger partial charge in [0.1, 0.15) is 0 Å². The van der Waals surface area contributed by atoms with E-state index in [0.717, 1.165) is 24.9 Å². The van der Waals surface area contributed by atoms with Crippen molar-refractivity contribution in [3.8, 4) is 0 Å². The summed E-state index contributed by atoms with van der Waals surface area (Å²) in [4.78, 5) is 14.1. The molecule has 2 heteroatoms. The summed E-state index contributed by atoms with van der Waals surface area (Å²) in [6.45, 7) is 5.18. The maximum atomic E-state index is 12.2. The van der Waals surface area contributed by atoms with E-state index in [1.54, 1.807) is 0 Å². The van der Waals surface area contributed by atoms with Crippen LogP contribution in [0.1, 0.15) is 37.0 Å². The van der Waals surface area contributed by atoms with Gasteiger partial charge in [-0.15, -0.1) is 0 Å². The number of amides is 1. The molecule has 2 nitrogen and oxygen atoms in total. The van der Waals surface area contributed by atoms with Gasteiger partial charge in [0, 0.05) is 23.7 Å². The Labute approximate surface area is 103 Å². The molecule has 0 radical (unpaired) electrons. The molecule has 0 N–H and O–H groups in total. The molecule has 1 aliphatic heterocycles. The fourth-order valence-corrected chi connectivity index (χ4v) is 2.29. The van der Waals surface area contributed by atoms with Crippen molar-refractivity contribution in [3.63, 3.8) is 0 Å². The lowest BCUT2D eigenvalue weighted by atomic mass is 9.84. The van der Waals surface area contributed by atoms with Crippen LogP contribution < -0.4 is 0 Å². The summed E-state index contributed by atoms with van der Waals surface area (Å²) in [5.74, 6) is 0.102. The molecule has 0 fully saturated rings. The zero-order valence-electron chi connectivity index (χ0n) is 10.5. The van der Waals surface area contributed by atoms with E-state index < -0.39 is 0 Å². The van der Waals surface area contributed by atoms with E-state index >= 15 is 0 Å². The molecule has 2 rings (SSSR count). The SMILES string of the molecule is CCC1(CC)C=CN(C(=O)c2ccccc2)C1. The fourth-order valence-electron chi connectivity index (χ4n) is 2.29. The minimum absolute atomic E-state index is 0.102. The summed E-state index contributed by atoms with van der Waals surface area (Å²) in [7, 11) is 0. The number of hydrogen-bond donors (Lipinski definition) is 0. The fraction of sp³-hybridized carbons (Fsp3) is 0.400. The molecular weight excluding hydrogens is 210 g/mol. The highest BCUT2D eigenvalue weighted by atomic mass is 16.2. The summed E-state index contributed by atoms with van der Waals surface area (Å²) < 4.78 is 0. The Hall–Kier alpha value is -1.57. The van der Waals surface area contributed by atoms with Crippen molar-refractivity contribution < 1.29 is 4.79 Å². The van der Waals surface area contributed by atoms with Crippen LogP contribution in [0.5, 0.6) is 0 Å². The van der Waals surface area contributed by atoms with Crippen molar-refractivity contribution in [2.45, 2.75) is 26.7 Å². The number of carbonyl (C=O) groups is 1. The predicted octanol–water partition coefficient (Wildman–Crippen LogP) is 3.46.